The first-order chi connectivity index (χ1) is 38.0. The Labute approximate surface area is 494 Å². The number of aliphatic hydroxyl groups is 2. The van der Waals surface area contributed by atoms with Crippen molar-refractivity contribution < 1.29 is 144 Å². The molecule has 31 nitrogen and oxygen atoms in total. The zero-order valence-electron chi connectivity index (χ0n) is 48.7. The molecule has 40 heteroatoms. The molecule has 0 radical (unpaired) electrons. The molecule has 2 heterocycles. The number of carbonyl (C=O) groups is 1. The maximum atomic E-state index is 12.3. The lowest BCUT2D eigenvalue weighted by Gasteiger charge is -2.48. The van der Waals surface area contributed by atoms with Crippen LogP contribution in [0.25, 0.3) is 0 Å². The Balaban J connectivity index is 1.94. The van der Waals surface area contributed by atoms with Gasteiger partial charge in [0.2, 0.25) is 0 Å². The first kappa shape index (κ1) is 76.9. The monoisotopic (exact) mass is 1360 g/mol. The number of Topliss-reactive ketones (excluding diaryl/α,β-unsaturated/α-hetero) is 1. The smallest absolute Gasteiger partial charge is 0.391 e. The van der Waals surface area contributed by atoms with Crippen LogP contribution in [0.2, 0.25) is 57.4 Å². The van der Waals surface area contributed by atoms with Crippen LogP contribution in [0.15, 0.2) is 37.0 Å². The minimum absolute atomic E-state index is 0.0977. The van der Waals surface area contributed by atoms with Crippen LogP contribution in [0, 0.1) is 11.8 Å². The maximum absolute atomic E-state index is 12.3. The van der Waals surface area contributed by atoms with E-state index in [2.05, 4.69) is 13.2 Å². The van der Waals surface area contributed by atoms with E-state index in [0.717, 1.165) is 44.9 Å². The first-order valence-electron chi connectivity index (χ1n) is 27.0. The second-order valence-electron chi connectivity index (χ2n) is 21.6. The predicted octanol–water partition coefficient (Wildman–Crippen LogP) is -3.23. The molecule has 0 amide bonds. The van der Waals surface area contributed by atoms with Crippen molar-refractivity contribution in [3.63, 3.8) is 0 Å². The van der Waals surface area contributed by atoms with Crippen molar-refractivity contribution in [2.24, 2.45) is 11.8 Å². The van der Waals surface area contributed by atoms with Crippen LogP contribution in [-0.2, 0) is 71.5 Å². The number of methoxy groups -OCH3 is 1. The number of allylic oxidation sites excluding steroid dienone is 2. The van der Waals surface area contributed by atoms with Gasteiger partial charge < -0.3 is 139 Å². The fourth-order valence-electron chi connectivity index (χ4n) is 9.70. The van der Waals surface area contributed by atoms with E-state index in [1.54, 1.807) is 6.92 Å². The van der Waals surface area contributed by atoms with Gasteiger partial charge in [-0.2, -0.15) is 0 Å². The zero-order valence-corrected chi connectivity index (χ0v) is 57.7. The lowest BCUT2D eigenvalue weighted by Crippen LogP contribution is -2.66. The fourth-order valence-corrected chi connectivity index (χ4v) is 34.7. The lowest BCUT2D eigenvalue weighted by molar-refractivity contribution is -0.350. The number of carbonyl (C=O) groups excluding carboxylic acids is 1. The van der Waals surface area contributed by atoms with Gasteiger partial charge in [-0.3, -0.25) is 4.79 Å². The average molecular weight is 1360 g/mol. The molecular formula is C43H92O31Si9. The van der Waals surface area contributed by atoms with E-state index in [1.807, 2.05) is 13.0 Å². The quantitative estimate of drug-likeness (QED) is 0.0163. The van der Waals surface area contributed by atoms with Gasteiger partial charge in [-0.05, 0) is 39.0 Å². The van der Waals surface area contributed by atoms with E-state index in [1.165, 1.54) is 26.2 Å². The normalized spacial score (nSPS) is 28.3. The number of ketones is 1. The summed E-state index contributed by atoms with van der Waals surface area (Å²) < 4.78 is 87.1. The maximum Gasteiger partial charge on any atom is 0.488 e. The van der Waals surface area contributed by atoms with E-state index >= 15 is 0 Å². The highest BCUT2D eigenvalue weighted by molar-refractivity contribution is 6.85. The standard InChI is InChI=1S/C43H92O31Si9/c1-13-19-61-28-34-40(60-6)38(46)42(63-20-14-2)43(66-34)67-41-35(29-62-21-16-24-82(68-75(7,47)48,69-76(8,49)50)70-77(9,51)52)65-32(5)39(37(41)45)64-22-17-25-83(71-78(10,53)54,72-79(11,55)56)74-80(12,57)73-81(58,59)23-15-18-33-26-30(3)36(44)31(4)27-33/h13-14,26,30-32,34-35,37-43,45-59H,1-2,15-25,27-29H2,3-12H3/t30?,31?,32-,34+,35+,37+,38-,39-,40+,41+,42+,43-,80?/m0/s1. The fraction of sp³-hybridized carbons (Fsp3) is 0.837. The number of hydrogen-bond acceptors (Lipinski definition) is 31. The summed E-state index contributed by atoms with van der Waals surface area (Å²) in [4.78, 5) is 150. The summed E-state index contributed by atoms with van der Waals surface area (Å²) in [6, 6.07) is -1.36. The van der Waals surface area contributed by atoms with Crippen molar-refractivity contribution in [1.29, 1.82) is 0 Å². The van der Waals surface area contributed by atoms with Crippen molar-refractivity contribution in [3.8, 4) is 0 Å². The molecule has 0 aromatic carbocycles. The lowest BCUT2D eigenvalue weighted by atomic mass is 9.82. The van der Waals surface area contributed by atoms with Crippen LogP contribution >= 0.6 is 0 Å². The molecule has 13 atom stereocenters. The highest BCUT2D eigenvalue weighted by Crippen LogP contribution is 2.36. The highest BCUT2D eigenvalue weighted by atomic mass is 28.5. The van der Waals surface area contributed by atoms with Crippen molar-refractivity contribution >= 4 is 85.0 Å². The van der Waals surface area contributed by atoms with Crippen molar-refractivity contribution in [1.82, 2.24) is 0 Å². The Kier molecular flexibility index (Phi) is 30.2. The molecule has 1 aliphatic carbocycles. The number of ether oxygens (including phenoxy) is 8. The second-order valence-corrected chi connectivity index (χ2v) is 44.2. The van der Waals surface area contributed by atoms with Gasteiger partial charge in [-0.1, -0.05) is 37.6 Å². The zero-order chi connectivity index (χ0) is 63.2. The second kappa shape index (κ2) is 32.6. The molecule has 2 fully saturated rings. The van der Waals surface area contributed by atoms with Gasteiger partial charge in [0.15, 0.2) is 6.29 Å². The predicted molar refractivity (Wildman–Crippen MR) is 305 cm³/mol. The van der Waals surface area contributed by atoms with Crippen LogP contribution < -0.4 is 0 Å². The van der Waals surface area contributed by atoms with Gasteiger partial charge in [-0.25, -0.2) is 0 Å². The third-order valence-corrected chi connectivity index (χ3v) is 34.9. The summed E-state index contributed by atoms with van der Waals surface area (Å²) in [6.07, 6.45) is -7.63. The third kappa shape index (κ3) is 27.7. The Bertz CT molecular complexity index is 1960. The number of rotatable bonds is 39. The Morgan fingerprint density at radius 2 is 1.06 bits per heavy atom. The average Bonchev–Trinajstić information content (AvgIpc) is 3.39. The summed E-state index contributed by atoms with van der Waals surface area (Å²) in [5.74, 6) is -0.416. The molecule has 3 rings (SSSR count). The van der Waals surface area contributed by atoms with E-state index in [4.69, 9.17) is 66.7 Å². The van der Waals surface area contributed by atoms with Crippen molar-refractivity contribution in [3.05, 3.63) is 37.0 Å². The van der Waals surface area contributed by atoms with Gasteiger partial charge in [0, 0.05) is 89.6 Å². The molecule has 0 aromatic rings. The SMILES string of the molecule is C=CCOC[C@H]1O[C@@H](O[C@H]2[C@H](O)[C@@H](OCCC[Si](O[Si](C)(O)O)(O[Si](C)(O)O)O[Si](C)(O)O[Si](O)(O)CCCC3=CC(C)C(=O)C(C)C3)[C@H](C)O[C@@H]2COCCC[Si](O[Si](C)(O)O)(O[Si](C)(O)O)O[Si](C)(O)O)[C@H](OCC=C)[C@@H](O)[C@@H]1OC. The third-order valence-electron chi connectivity index (χ3n) is 12.4. The molecule has 0 saturated carbocycles. The van der Waals surface area contributed by atoms with Gasteiger partial charge in [0.05, 0.1) is 32.5 Å². The Morgan fingerprint density at radius 3 is 1.55 bits per heavy atom. The molecule has 486 valence electrons. The van der Waals surface area contributed by atoms with Crippen LogP contribution in [-0.4, -0.2) is 266 Å². The van der Waals surface area contributed by atoms with Crippen LogP contribution in [0.5, 0.6) is 0 Å². The van der Waals surface area contributed by atoms with Gasteiger partial charge in [0.1, 0.15) is 54.6 Å². The number of aliphatic hydroxyl groups excluding tert-OH is 2. The minimum atomic E-state index is -5.00. The molecule has 15 N–H and O–H groups in total. The van der Waals surface area contributed by atoms with Crippen molar-refractivity contribution in [2.75, 3.05) is 46.8 Å². The van der Waals surface area contributed by atoms with Crippen molar-refractivity contribution in [2.45, 2.75) is 172 Å². The van der Waals surface area contributed by atoms with Gasteiger partial charge in [0.25, 0.3) is 0 Å². The molecule has 0 bridgehead atoms. The molecule has 3 aliphatic rings. The van der Waals surface area contributed by atoms with E-state index in [9.17, 15) is 77.4 Å². The summed E-state index contributed by atoms with van der Waals surface area (Å²) >= 11 is 0. The topological polar surface area (TPSA) is 459 Å². The van der Waals surface area contributed by atoms with Gasteiger partial charge >= 0.3 is 79.2 Å². The summed E-state index contributed by atoms with van der Waals surface area (Å²) in [5, 5.41) is 24.0. The summed E-state index contributed by atoms with van der Waals surface area (Å²) in [6.45, 7) is 16.7. The molecule has 2 saturated heterocycles. The Hall–Kier alpha value is -0.358. The van der Waals surface area contributed by atoms with Crippen LogP contribution in [0.4, 0.5) is 0 Å². The number of hydrogen-bond donors (Lipinski definition) is 15. The van der Waals surface area contributed by atoms with E-state index in [0.29, 0.717) is 12.8 Å². The molecule has 3 unspecified atom stereocenters. The Morgan fingerprint density at radius 1 is 0.578 bits per heavy atom. The molecule has 0 aromatic heterocycles. The molecular weight excluding hydrogens is 1270 g/mol. The highest BCUT2D eigenvalue weighted by Gasteiger charge is 2.60. The molecule has 0 spiro atoms. The first-order valence-corrected chi connectivity index (χ1v) is 46.6. The minimum Gasteiger partial charge on any atom is -0.391 e. The van der Waals surface area contributed by atoms with Crippen LogP contribution in [0.1, 0.15) is 52.9 Å². The van der Waals surface area contributed by atoms with Crippen LogP contribution in [0.3, 0.4) is 0 Å². The largest absolute Gasteiger partial charge is 0.488 e. The summed E-state index contributed by atoms with van der Waals surface area (Å²) in [5.41, 5.74) is 0.941. The van der Waals surface area contributed by atoms with E-state index in [-0.39, 0.29) is 69.4 Å². The molecule has 83 heavy (non-hydrogen) atoms. The van der Waals surface area contributed by atoms with E-state index < -0.39 is 166 Å². The summed E-state index contributed by atoms with van der Waals surface area (Å²) in [7, 11) is -41.5. The molecule has 2 aliphatic heterocycles. The van der Waals surface area contributed by atoms with Gasteiger partial charge in [-0.15, -0.1) is 13.2 Å².